The summed E-state index contributed by atoms with van der Waals surface area (Å²) in [6.45, 7) is 11.5. The summed E-state index contributed by atoms with van der Waals surface area (Å²) in [5.74, 6) is 0. The first-order chi connectivity index (χ1) is 12.6. The van der Waals surface area contributed by atoms with Crippen molar-refractivity contribution < 1.29 is 5.11 Å². The second-order valence-electron chi connectivity index (χ2n) is 8.13. The Morgan fingerprint density at radius 1 is 1.15 bits per heavy atom. The normalized spacial score (nSPS) is 24.4. The van der Waals surface area contributed by atoms with Crippen LogP contribution in [0.15, 0.2) is 24.3 Å². The van der Waals surface area contributed by atoms with Crippen molar-refractivity contribution in [2.24, 2.45) is 0 Å². The third-order valence-electron chi connectivity index (χ3n) is 6.07. The number of piperidine rings is 1. The Labute approximate surface area is 163 Å². The fourth-order valence-electron chi connectivity index (χ4n) is 4.59. The smallest absolute Gasteiger partial charge is 0.0446 e. The predicted octanol–water partition coefficient (Wildman–Crippen LogP) is 3.08. The van der Waals surface area contributed by atoms with Crippen molar-refractivity contribution in [1.29, 1.82) is 0 Å². The monoisotopic (exact) mass is 379 g/mol. The molecule has 2 aliphatic rings. The Morgan fingerprint density at radius 3 is 2.58 bits per heavy atom. The Balaban J connectivity index is 1.58. The summed E-state index contributed by atoms with van der Waals surface area (Å²) in [5.41, 5.74) is 1.28. The van der Waals surface area contributed by atoms with E-state index in [1.165, 1.54) is 31.5 Å². The zero-order valence-electron chi connectivity index (χ0n) is 16.3. The molecule has 0 radical (unpaired) electrons. The van der Waals surface area contributed by atoms with Crippen LogP contribution in [0, 0.1) is 0 Å². The number of aliphatic hydroxyl groups is 1. The van der Waals surface area contributed by atoms with Gasteiger partial charge in [-0.1, -0.05) is 23.7 Å². The third-order valence-corrected chi connectivity index (χ3v) is 6.30. The summed E-state index contributed by atoms with van der Waals surface area (Å²) < 4.78 is 0. The minimum atomic E-state index is 0.275. The van der Waals surface area contributed by atoms with E-state index in [-0.39, 0.29) is 6.61 Å². The maximum atomic E-state index is 9.59. The van der Waals surface area contributed by atoms with Crippen LogP contribution in [0.25, 0.3) is 0 Å². The molecule has 2 heterocycles. The van der Waals surface area contributed by atoms with Crippen LogP contribution in [0.3, 0.4) is 0 Å². The van der Waals surface area contributed by atoms with Crippen LogP contribution in [-0.4, -0.2) is 77.3 Å². The van der Waals surface area contributed by atoms with Crippen LogP contribution >= 0.6 is 11.6 Å². The molecule has 5 heteroatoms. The van der Waals surface area contributed by atoms with Crippen LogP contribution < -0.4 is 0 Å². The predicted molar refractivity (Wildman–Crippen MR) is 109 cm³/mol. The second-order valence-corrected chi connectivity index (χ2v) is 8.57. The summed E-state index contributed by atoms with van der Waals surface area (Å²) in [7, 11) is 0. The molecular weight excluding hydrogens is 346 g/mol. The van der Waals surface area contributed by atoms with Gasteiger partial charge in [0.05, 0.1) is 0 Å². The van der Waals surface area contributed by atoms with E-state index >= 15 is 0 Å². The van der Waals surface area contributed by atoms with Gasteiger partial charge in [-0.25, -0.2) is 0 Å². The van der Waals surface area contributed by atoms with E-state index in [1.54, 1.807) is 0 Å². The van der Waals surface area contributed by atoms with Crippen molar-refractivity contribution in [3.8, 4) is 0 Å². The van der Waals surface area contributed by atoms with Crippen molar-refractivity contribution in [3.05, 3.63) is 34.9 Å². The van der Waals surface area contributed by atoms with Gasteiger partial charge in [0.2, 0.25) is 0 Å². The molecule has 0 amide bonds. The maximum absolute atomic E-state index is 9.59. The van der Waals surface area contributed by atoms with Gasteiger partial charge in [0.15, 0.2) is 0 Å². The van der Waals surface area contributed by atoms with Gasteiger partial charge >= 0.3 is 0 Å². The highest BCUT2D eigenvalue weighted by atomic mass is 35.5. The van der Waals surface area contributed by atoms with Gasteiger partial charge in [-0.2, -0.15) is 0 Å². The number of piperazine rings is 1. The molecule has 3 rings (SSSR count). The summed E-state index contributed by atoms with van der Waals surface area (Å²) >= 11 is 6.14. The van der Waals surface area contributed by atoms with Crippen LogP contribution in [-0.2, 0) is 6.54 Å². The lowest BCUT2D eigenvalue weighted by atomic mass is 9.97. The molecule has 1 aromatic rings. The molecule has 0 saturated carbocycles. The number of rotatable bonds is 6. The molecule has 1 N–H and O–H groups in total. The lowest BCUT2D eigenvalue weighted by Gasteiger charge is -2.48. The summed E-state index contributed by atoms with van der Waals surface area (Å²) in [6.07, 6.45) is 3.39. The molecule has 146 valence electrons. The van der Waals surface area contributed by atoms with Crippen LogP contribution in [0.5, 0.6) is 0 Å². The number of hydrogen-bond donors (Lipinski definition) is 1. The molecule has 0 bridgehead atoms. The first-order valence-corrected chi connectivity index (χ1v) is 10.5. The van der Waals surface area contributed by atoms with Gasteiger partial charge in [-0.05, 0) is 63.9 Å². The summed E-state index contributed by atoms with van der Waals surface area (Å²) in [5, 5.41) is 10.4. The molecule has 2 saturated heterocycles. The first-order valence-electron chi connectivity index (χ1n) is 10.1. The van der Waals surface area contributed by atoms with Crippen molar-refractivity contribution in [2.45, 2.75) is 57.8 Å². The Bertz CT molecular complexity index is 560. The molecule has 2 fully saturated rings. The number of aliphatic hydroxyl groups excluding tert-OH is 1. The van der Waals surface area contributed by atoms with Gasteiger partial charge in [0, 0.05) is 55.9 Å². The Hall–Kier alpha value is -0.650. The quantitative estimate of drug-likeness (QED) is 0.822. The Morgan fingerprint density at radius 2 is 1.92 bits per heavy atom. The summed E-state index contributed by atoms with van der Waals surface area (Å²) in [6, 6.07) is 9.97. The van der Waals surface area contributed by atoms with Gasteiger partial charge in [-0.15, -0.1) is 0 Å². The standard InChI is InChI=1S/C21H34ClN3O/c1-17(2)24-9-6-20(7-10-24)25-12-11-23(16-21(25)8-13-26)15-18-4-3-5-19(22)14-18/h3-5,14,17,20-21,26H,6-13,15-16H2,1-2H3/t21-/m0/s1. The maximum Gasteiger partial charge on any atom is 0.0446 e. The first kappa shape index (κ1) is 20.1. The molecule has 26 heavy (non-hydrogen) atoms. The van der Waals surface area contributed by atoms with Crippen LogP contribution in [0.4, 0.5) is 0 Å². The second kappa shape index (κ2) is 9.52. The minimum Gasteiger partial charge on any atom is -0.396 e. The number of hydrogen-bond acceptors (Lipinski definition) is 4. The molecule has 1 atom stereocenters. The van der Waals surface area contributed by atoms with E-state index < -0.39 is 0 Å². The zero-order chi connectivity index (χ0) is 18.5. The van der Waals surface area contributed by atoms with Crippen molar-refractivity contribution in [2.75, 3.05) is 39.3 Å². The van der Waals surface area contributed by atoms with E-state index in [0.29, 0.717) is 18.1 Å². The van der Waals surface area contributed by atoms with Crippen molar-refractivity contribution in [1.82, 2.24) is 14.7 Å². The van der Waals surface area contributed by atoms with E-state index in [4.69, 9.17) is 11.6 Å². The Kier molecular flexibility index (Phi) is 7.35. The van der Waals surface area contributed by atoms with Gasteiger partial charge in [-0.3, -0.25) is 9.80 Å². The van der Waals surface area contributed by atoms with E-state index in [9.17, 15) is 5.11 Å². The molecule has 4 nitrogen and oxygen atoms in total. The van der Waals surface area contributed by atoms with Gasteiger partial charge in [0.1, 0.15) is 0 Å². The van der Waals surface area contributed by atoms with Crippen molar-refractivity contribution in [3.63, 3.8) is 0 Å². The number of halogens is 1. The van der Waals surface area contributed by atoms with E-state index in [1.807, 2.05) is 12.1 Å². The van der Waals surface area contributed by atoms with Crippen LogP contribution in [0.1, 0.15) is 38.7 Å². The molecule has 1 aromatic carbocycles. The highest BCUT2D eigenvalue weighted by Crippen LogP contribution is 2.25. The fraction of sp³-hybridized carbons (Fsp3) is 0.714. The molecule has 0 aliphatic carbocycles. The molecule has 0 unspecified atom stereocenters. The SMILES string of the molecule is CC(C)N1CCC(N2CCN(Cc3cccc(Cl)c3)C[C@@H]2CCO)CC1. The highest BCUT2D eigenvalue weighted by molar-refractivity contribution is 6.30. The van der Waals surface area contributed by atoms with E-state index in [0.717, 1.165) is 37.6 Å². The van der Waals surface area contributed by atoms with E-state index in [2.05, 4.69) is 40.7 Å². The average Bonchev–Trinajstić information content (AvgIpc) is 2.62. The lowest BCUT2D eigenvalue weighted by Crippen LogP contribution is -2.58. The van der Waals surface area contributed by atoms with Gasteiger partial charge < -0.3 is 10.0 Å². The number of nitrogens with zero attached hydrogens (tertiary/aromatic N) is 3. The molecule has 0 aromatic heterocycles. The largest absolute Gasteiger partial charge is 0.396 e. The van der Waals surface area contributed by atoms with Crippen molar-refractivity contribution >= 4 is 11.6 Å². The average molecular weight is 380 g/mol. The van der Waals surface area contributed by atoms with Gasteiger partial charge in [0.25, 0.3) is 0 Å². The zero-order valence-corrected chi connectivity index (χ0v) is 17.0. The molecule has 0 spiro atoms. The minimum absolute atomic E-state index is 0.275. The summed E-state index contributed by atoms with van der Waals surface area (Å²) in [4.78, 5) is 7.81. The number of benzene rings is 1. The molecule has 2 aliphatic heterocycles. The lowest BCUT2D eigenvalue weighted by molar-refractivity contribution is -0.0000278. The van der Waals surface area contributed by atoms with Crippen LogP contribution in [0.2, 0.25) is 5.02 Å². The fourth-order valence-corrected chi connectivity index (χ4v) is 4.80. The molecular formula is C21H34ClN3O. The third kappa shape index (κ3) is 5.20. The highest BCUT2D eigenvalue weighted by Gasteiger charge is 2.33. The number of likely N-dealkylation sites (tertiary alicyclic amines) is 1. The topological polar surface area (TPSA) is 30.0 Å².